The Morgan fingerprint density at radius 2 is 1.00 bits per heavy atom. The summed E-state index contributed by atoms with van der Waals surface area (Å²) in [6, 6.07) is 2.20. The summed E-state index contributed by atoms with van der Waals surface area (Å²) in [7, 11) is -2.51. The van der Waals surface area contributed by atoms with E-state index in [9.17, 15) is 0 Å². The molecule has 0 saturated heterocycles. The maximum Gasteiger partial charge on any atom is 0.504 e. The molecular formula is C18H39O3Si. The highest BCUT2D eigenvalue weighted by molar-refractivity contribution is 6.64. The highest BCUT2D eigenvalue weighted by Gasteiger charge is 2.39. The van der Waals surface area contributed by atoms with Crippen molar-refractivity contribution in [1.29, 1.82) is 0 Å². The molecule has 0 aliphatic heterocycles. The second kappa shape index (κ2) is 16.0. The van der Waals surface area contributed by atoms with Gasteiger partial charge in [-0.15, -0.1) is 0 Å². The van der Waals surface area contributed by atoms with Gasteiger partial charge in [0, 0.05) is 25.9 Å². The van der Waals surface area contributed by atoms with Gasteiger partial charge in [0.2, 0.25) is 0 Å². The molecule has 0 aliphatic carbocycles. The van der Waals surface area contributed by atoms with Crippen molar-refractivity contribution < 1.29 is 13.3 Å². The molecule has 0 unspecified atom stereocenters. The number of hydrogen-bond donors (Lipinski definition) is 0. The van der Waals surface area contributed by atoms with Gasteiger partial charge < -0.3 is 13.3 Å². The predicted molar refractivity (Wildman–Crippen MR) is 96.8 cm³/mol. The Bertz CT molecular complexity index is 207. The lowest BCUT2D eigenvalue weighted by Gasteiger charge is -2.28. The van der Waals surface area contributed by atoms with Crippen LogP contribution < -0.4 is 0 Å². The molecule has 0 aromatic heterocycles. The van der Waals surface area contributed by atoms with E-state index in [4.69, 9.17) is 13.3 Å². The zero-order chi connectivity index (χ0) is 16.5. The third kappa shape index (κ3) is 11.6. The fraction of sp³-hybridized carbons (Fsp3) is 0.944. The lowest BCUT2D eigenvalue weighted by atomic mass is 10.1. The normalized spacial score (nSPS) is 12.0. The van der Waals surface area contributed by atoms with Crippen LogP contribution in [0.25, 0.3) is 0 Å². The number of unbranched alkanes of at least 4 members (excludes halogenated alkanes) is 9. The minimum Gasteiger partial charge on any atom is -0.374 e. The Hall–Kier alpha value is 0.0969. The SMILES string of the molecule is CCCCCCCCCCC[CH][Si](OCC)(OCC)OCC. The van der Waals surface area contributed by atoms with Crippen molar-refractivity contribution in [3.05, 3.63) is 6.04 Å². The second-order valence-corrected chi connectivity index (χ2v) is 8.21. The van der Waals surface area contributed by atoms with Crippen molar-refractivity contribution in [2.24, 2.45) is 0 Å². The molecule has 0 atom stereocenters. The van der Waals surface area contributed by atoms with E-state index in [2.05, 4.69) is 13.0 Å². The zero-order valence-corrected chi connectivity index (χ0v) is 16.5. The molecule has 0 rings (SSSR count). The van der Waals surface area contributed by atoms with Crippen LogP contribution in [0.4, 0.5) is 0 Å². The second-order valence-electron chi connectivity index (χ2n) is 5.72. The third-order valence-corrected chi connectivity index (χ3v) is 6.60. The van der Waals surface area contributed by atoms with Gasteiger partial charge in [0.25, 0.3) is 0 Å². The Morgan fingerprint density at radius 1 is 0.591 bits per heavy atom. The molecule has 1 radical (unpaired) electrons. The van der Waals surface area contributed by atoms with Crippen LogP contribution in [0.15, 0.2) is 0 Å². The summed E-state index contributed by atoms with van der Waals surface area (Å²) < 4.78 is 17.5. The van der Waals surface area contributed by atoms with Crippen LogP contribution >= 0.6 is 0 Å². The van der Waals surface area contributed by atoms with E-state index in [1.807, 2.05) is 20.8 Å². The summed E-state index contributed by atoms with van der Waals surface area (Å²) in [5, 5.41) is 0. The predicted octanol–water partition coefficient (Wildman–Crippen LogP) is 5.70. The average molecular weight is 332 g/mol. The van der Waals surface area contributed by atoms with Gasteiger partial charge in [-0.25, -0.2) is 0 Å². The first kappa shape index (κ1) is 22.1. The van der Waals surface area contributed by atoms with Crippen molar-refractivity contribution in [3.8, 4) is 0 Å². The molecule has 0 fully saturated rings. The molecule has 22 heavy (non-hydrogen) atoms. The summed E-state index contributed by atoms with van der Waals surface area (Å²) in [5.41, 5.74) is 0. The van der Waals surface area contributed by atoms with Crippen LogP contribution in [0.2, 0.25) is 0 Å². The summed E-state index contributed by atoms with van der Waals surface area (Å²) in [6.07, 6.45) is 13.3. The smallest absolute Gasteiger partial charge is 0.374 e. The standard InChI is InChI=1S/C18H39O3Si/c1-5-9-10-11-12-13-14-15-16-17-18-22(19-6-2,20-7-3)21-8-4/h18H,5-17H2,1-4H3. The summed E-state index contributed by atoms with van der Waals surface area (Å²) >= 11 is 0. The van der Waals surface area contributed by atoms with Gasteiger partial charge in [-0.05, 0) is 27.2 Å². The Morgan fingerprint density at radius 3 is 1.41 bits per heavy atom. The van der Waals surface area contributed by atoms with Gasteiger partial charge in [0.05, 0.1) is 0 Å². The van der Waals surface area contributed by atoms with Gasteiger partial charge in [-0.2, -0.15) is 0 Å². The fourth-order valence-electron chi connectivity index (χ4n) is 2.64. The minimum absolute atomic E-state index is 0.653. The van der Waals surface area contributed by atoms with E-state index < -0.39 is 8.80 Å². The van der Waals surface area contributed by atoms with Crippen LogP contribution in [0.1, 0.15) is 91.9 Å². The van der Waals surface area contributed by atoms with Crippen LogP contribution in [0, 0.1) is 6.04 Å². The molecule has 3 nitrogen and oxygen atoms in total. The molecule has 4 heteroatoms. The summed E-state index contributed by atoms with van der Waals surface area (Å²) in [6.45, 7) is 10.2. The van der Waals surface area contributed by atoms with Crippen LogP contribution in [0.3, 0.4) is 0 Å². The minimum atomic E-state index is -2.51. The van der Waals surface area contributed by atoms with Crippen molar-refractivity contribution in [3.63, 3.8) is 0 Å². The topological polar surface area (TPSA) is 27.7 Å². The van der Waals surface area contributed by atoms with Crippen molar-refractivity contribution in [2.45, 2.75) is 91.9 Å². The Kier molecular flexibility index (Phi) is 16.0. The summed E-state index contributed by atoms with van der Waals surface area (Å²) in [5.74, 6) is 0. The van der Waals surface area contributed by atoms with Gasteiger partial charge >= 0.3 is 8.80 Å². The van der Waals surface area contributed by atoms with Crippen molar-refractivity contribution in [1.82, 2.24) is 0 Å². The zero-order valence-electron chi connectivity index (χ0n) is 15.5. The Balaban J connectivity index is 3.70. The van der Waals surface area contributed by atoms with E-state index >= 15 is 0 Å². The van der Waals surface area contributed by atoms with E-state index in [0.717, 1.165) is 6.42 Å². The molecule has 133 valence electrons. The Labute approximate surface area is 140 Å². The quantitative estimate of drug-likeness (QED) is 0.253. The maximum atomic E-state index is 5.83. The van der Waals surface area contributed by atoms with E-state index in [1.54, 1.807) is 0 Å². The highest BCUT2D eigenvalue weighted by Crippen LogP contribution is 2.18. The number of hydrogen-bond acceptors (Lipinski definition) is 3. The van der Waals surface area contributed by atoms with E-state index in [-0.39, 0.29) is 0 Å². The van der Waals surface area contributed by atoms with Gasteiger partial charge in [-0.3, -0.25) is 0 Å². The molecule has 0 N–H and O–H groups in total. The number of rotatable bonds is 17. The first-order chi connectivity index (χ1) is 10.7. The molecule has 0 aliphatic rings. The molecule has 0 saturated carbocycles. The van der Waals surface area contributed by atoms with E-state index in [1.165, 1.54) is 57.8 Å². The molecule has 0 bridgehead atoms. The third-order valence-electron chi connectivity index (χ3n) is 3.74. The first-order valence-electron chi connectivity index (χ1n) is 9.50. The van der Waals surface area contributed by atoms with Crippen LogP contribution in [-0.4, -0.2) is 28.6 Å². The van der Waals surface area contributed by atoms with E-state index in [0.29, 0.717) is 19.8 Å². The van der Waals surface area contributed by atoms with Crippen molar-refractivity contribution >= 4 is 8.80 Å². The van der Waals surface area contributed by atoms with Gasteiger partial charge in [0.1, 0.15) is 0 Å². The summed E-state index contributed by atoms with van der Waals surface area (Å²) in [4.78, 5) is 0. The molecule has 0 spiro atoms. The molecule has 0 amide bonds. The van der Waals surface area contributed by atoms with Gasteiger partial charge in [-0.1, -0.05) is 64.7 Å². The maximum absolute atomic E-state index is 5.83. The molecule has 0 aromatic rings. The molecule has 0 heterocycles. The van der Waals surface area contributed by atoms with Crippen LogP contribution in [0.5, 0.6) is 0 Å². The monoisotopic (exact) mass is 331 g/mol. The fourth-order valence-corrected chi connectivity index (χ4v) is 5.01. The van der Waals surface area contributed by atoms with Crippen molar-refractivity contribution in [2.75, 3.05) is 19.8 Å². The lowest BCUT2D eigenvalue weighted by molar-refractivity contribution is 0.0785. The first-order valence-corrected chi connectivity index (χ1v) is 11.3. The average Bonchev–Trinajstić information content (AvgIpc) is 2.50. The van der Waals surface area contributed by atoms with Gasteiger partial charge in [0.15, 0.2) is 0 Å². The van der Waals surface area contributed by atoms with Crippen LogP contribution in [-0.2, 0) is 13.3 Å². The highest BCUT2D eigenvalue weighted by atomic mass is 28.4. The molecular weight excluding hydrogens is 292 g/mol. The largest absolute Gasteiger partial charge is 0.504 e. The molecule has 0 aromatic carbocycles. The lowest BCUT2D eigenvalue weighted by Crippen LogP contribution is -2.47.